The third-order valence-corrected chi connectivity index (χ3v) is 7.32. The third-order valence-electron chi connectivity index (χ3n) is 6.53. The number of benzene rings is 3. The van der Waals surface area contributed by atoms with Gasteiger partial charge in [-0.2, -0.15) is 0 Å². The van der Waals surface area contributed by atoms with Crippen molar-refractivity contribution in [3.05, 3.63) is 63.1 Å². The van der Waals surface area contributed by atoms with Gasteiger partial charge in [0.05, 0.1) is 61.8 Å². The molecule has 0 bridgehead atoms. The van der Waals surface area contributed by atoms with Gasteiger partial charge in [-0.1, -0.05) is 6.07 Å². The molecular weight excluding hydrogens is 626 g/mol. The average molecular weight is 656 g/mol. The van der Waals surface area contributed by atoms with E-state index in [0.717, 1.165) is 11.1 Å². The summed E-state index contributed by atoms with van der Waals surface area (Å²) >= 11 is 3.42. The van der Waals surface area contributed by atoms with Crippen molar-refractivity contribution in [2.45, 2.75) is 26.3 Å². The highest BCUT2D eigenvalue weighted by atomic mass is 79.9. The number of nitrogens with one attached hydrogen (secondary N) is 3. The fraction of sp³-hybridized carbons (Fsp3) is 0.267. The lowest BCUT2D eigenvalue weighted by Gasteiger charge is -2.19. The number of halogens is 1. The summed E-state index contributed by atoms with van der Waals surface area (Å²) in [5.41, 5.74) is 2.32. The summed E-state index contributed by atoms with van der Waals surface area (Å²) in [6, 6.07) is 8.69. The third kappa shape index (κ3) is 6.67. The zero-order chi connectivity index (χ0) is 31.4. The van der Waals surface area contributed by atoms with E-state index in [1.807, 2.05) is 19.9 Å². The first kappa shape index (κ1) is 31.2. The maximum absolute atomic E-state index is 13.7. The number of methoxy groups -OCH3 is 4. The van der Waals surface area contributed by atoms with Crippen molar-refractivity contribution in [2.75, 3.05) is 39.1 Å². The molecule has 0 saturated carbocycles. The molecule has 1 aliphatic heterocycles. The first-order valence-corrected chi connectivity index (χ1v) is 13.7. The number of anilines is 2. The van der Waals surface area contributed by atoms with Crippen LogP contribution in [0.25, 0.3) is 0 Å². The molecule has 0 fully saturated rings. The molecule has 3 amide bonds. The van der Waals surface area contributed by atoms with Crippen LogP contribution in [0.1, 0.15) is 38.3 Å². The van der Waals surface area contributed by atoms with Crippen LogP contribution in [0.3, 0.4) is 0 Å². The van der Waals surface area contributed by atoms with Crippen molar-refractivity contribution in [1.82, 2.24) is 5.32 Å². The molecule has 0 spiro atoms. The number of hydrogen-bond acceptors (Lipinski definition) is 9. The van der Waals surface area contributed by atoms with E-state index in [0.29, 0.717) is 10.2 Å². The van der Waals surface area contributed by atoms with Crippen molar-refractivity contribution in [1.29, 1.82) is 0 Å². The quantitative estimate of drug-likeness (QED) is 0.277. The second-order valence-electron chi connectivity index (χ2n) is 9.58. The topological polar surface area (TPSA) is 151 Å². The molecule has 0 aliphatic carbocycles. The molecule has 226 valence electrons. The molecule has 4 rings (SSSR count). The largest absolute Gasteiger partial charge is 0.493 e. The summed E-state index contributed by atoms with van der Waals surface area (Å²) in [6.07, 6.45) is -0.368. The van der Waals surface area contributed by atoms with Crippen molar-refractivity contribution >= 4 is 51.0 Å². The van der Waals surface area contributed by atoms with E-state index in [4.69, 9.17) is 18.9 Å². The number of fused-ring (bicyclic) bond motifs is 1. The molecule has 43 heavy (non-hydrogen) atoms. The lowest BCUT2D eigenvalue weighted by molar-refractivity contribution is -0.142. The van der Waals surface area contributed by atoms with Crippen LogP contribution in [0, 0.1) is 13.8 Å². The molecule has 12 nitrogen and oxygen atoms in total. The molecule has 0 unspecified atom stereocenters. The van der Waals surface area contributed by atoms with Gasteiger partial charge in [0.2, 0.25) is 11.7 Å². The lowest BCUT2D eigenvalue weighted by Crippen LogP contribution is -2.42. The van der Waals surface area contributed by atoms with Crippen LogP contribution in [0.15, 0.2) is 40.9 Å². The van der Waals surface area contributed by atoms with E-state index in [1.54, 1.807) is 12.1 Å². The normalized spacial score (nSPS) is 14.0. The standard InChI is InChI=1S/C30H30BrN3O9/c1-14-7-15(2)9-16(8-14)43-22-10-17-19(32-30(38)21(34-28(17)36)13-24(35)40-4)12-20(22)33-29(37)18-11-23(39-3)26(41-5)27(42-6)25(18)31/h7-12,21H,13H2,1-6H3,(H,32,38)(H,33,37)(H,34,36)/t21-/m0/s1. The summed E-state index contributed by atoms with van der Waals surface area (Å²) in [7, 11) is 5.48. The van der Waals surface area contributed by atoms with E-state index >= 15 is 0 Å². The number of carbonyl (C=O) groups is 4. The van der Waals surface area contributed by atoms with Gasteiger partial charge in [0.25, 0.3) is 11.8 Å². The Kier molecular flexibility index (Phi) is 9.44. The highest BCUT2D eigenvalue weighted by Crippen LogP contribution is 2.45. The van der Waals surface area contributed by atoms with E-state index < -0.39 is 29.7 Å². The average Bonchev–Trinajstić information content (AvgIpc) is 3.07. The van der Waals surface area contributed by atoms with E-state index in [1.165, 1.54) is 46.6 Å². The number of carbonyl (C=O) groups excluding carboxylic acids is 4. The highest BCUT2D eigenvalue weighted by Gasteiger charge is 2.32. The minimum atomic E-state index is -1.18. The molecule has 3 N–H and O–H groups in total. The smallest absolute Gasteiger partial charge is 0.308 e. The van der Waals surface area contributed by atoms with Gasteiger partial charge < -0.3 is 39.6 Å². The maximum Gasteiger partial charge on any atom is 0.308 e. The monoisotopic (exact) mass is 655 g/mol. The van der Waals surface area contributed by atoms with Gasteiger partial charge in [0, 0.05) is 0 Å². The van der Waals surface area contributed by atoms with Gasteiger partial charge in [0.1, 0.15) is 11.8 Å². The van der Waals surface area contributed by atoms with Crippen LogP contribution in [0.2, 0.25) is 0 Å². The number of aryl methyl sites for hydroxylation is 2. The summed E-state index contributed by atoms with van der Waals surface area (Å²) in [5, 5.41) is 8.01. The Hall–Kier alpha value is -4.78. The predicted octanol–water partition coefficient (Wildman–Crippen LogP) is 4.75. The Morgan fingerprint density at radius 3 is 2.16 bits per heavy atom. The molecule has 1 atom stereocenters. The first-order chi connectivity index (χ1) is 20.5. The van der Waals surface area contributed by atoms with Crippen molar-refractivity contribution < 1.29 is 42.9 Å². The second kappa shape index (κ2) is 13.0. The molecular formula is C30H30BrN3O9. The highest BCUT2D eigenvalue weighted by molar-refractivity contribution is 9.10. The van der Waals surface area contributed by atoms with Crippen LogP contribution >= 0.6 is 15.9 Å². The summed E-state index contributed by atoms with van der Waals surface area (Å²) in [5.74, 6) is -1.17. The van der Waals surface area contributed by atoms with E-state index in [9.17, 15) is 19.2 Å². The van der Waals surface area contributed by atoms with Crippen molar-refractivity contribution in [2.24, 2.45) is 0 Å². The van der Waals surface area contributed by atoms with Gasteiger partial charge in [-0.25, -0.2) is 0 Å². The Bertz CT molecular complexity index is 1600. The fourth-order valence-corrected chi connectivity index (χ4v) is 5.20. The van der Waals surface area contributed by atoms with Crippen molar-refractivity contribution in [3.63, 3.8) is 0 Å². The SMILES string of the molecule is COC(=O)C[C@@H]1NC(=O)c2cc(Oc3cc(C)cc(C)c3)c(NC(=O)c3cc(OC)c(OC)c(OC)c3Br)cc2NC1=O. The summed E-state index contributed by atoms with van der Waals surface area (Å²) in [6.45, 7) is 3.82. The zero-order valence-corrected chi connectivity index (χ0v) is 25.9. The fourth-order valence-electron chi connectivity index (χ4n) is 4.56. The summed E-state index contributed by atoms with van der Waals surface area (Å²) < 4.78 is 27.4. The van der Waals surface area contributed by atoms with E-state index in [-0.39, 0.29) is 51.9 Å². The lowest BCUT2D eigenvalue weighted by atomic mass is 10.1. The number of amides is 3. The van der Waals surface area contributed by atoms with Gasteiger partial charge >= 0.3 is 5.97 Å². The molecule has 1 aliphatic rings. The predicted molar refractivity (Wildman–Crippen MR) is 161 cm³/mol. The minimum absolute atomic E-state index is 0.0621. The van der Waals surface area contributed by atoms with Gasteiger partial charge in [-0.15, -0.1) is 0 Å². The molecule has 3 aromatic rings. The Labute approximate surface area is 256 Å². The molecule has 0 aromatic heterocycles. The number of hydrogen-bond donors (Lipinski definition) is 3. The van der Waals surface area contributed by atoms with Crippen LogP contribution in [-0.2, 0) is 14.3 Å². The number of esters is 1. The summed E-state index contributed by atoms with van der Waals surface area (Å²) in [4.78, 5) is 51.7. The number of ether oxygens (including phenoxy) is 5. The van der Waals surface area contributed by atoms with Gasteiger partial charge in [-0.3, -0.25) is 19.2 Å². The van der Waals surface area contributed by atoms with Crippen LogP contribution in [-0.4, -0.2) is 58.2 Å². The molecule has 0 saturated heterocycles. The molecule has 0 radical (unpaired) electrons. The Morgan fingerprint density at radius 1 is 0.884 bits per heavy atom. The molecule has 1 heterocycles. The zero-order valence-electron chi connectivity index (χ0n) is 24.3. The first-order valence-electron chi connectivity index (χ1n) is 12.9. The Balaban J connectivity index is 1.81. The maximum atomic E-state index is 13.7. The van der Waals surface area contributed by atoms with Gasteiger partial charge in [0.15, 0.2) is 17.2 Å². The minimum Gasteiger partial charge on any atom is -0.493 e. The van der Waals surface area contributed by atoms with Crippen molar-refractivity contribution in [3.8, 4) is 28.7 Å². The van der Waals surface area contributed by atoms with Crippen LogP contribution in [0.4, 0.5) is 11.4 Å². The van der Waals surface area contributed by atoms with E-state index in [2.05, 4.69) is 36.6 Å². The molecule has 13 heteroatoms. The van der Waals surface area contributed by atoms with Crippen LogP contribution in [0.5, 0.6) is 28.7 Å². The van der Waals surface area contributed by atoms with Gasteiger partial charge in [-0.05, 0) is 71.2 Å². The number of rotatable bonds is 9. The Morgan fingerprint density at radius 2 is 1.56 bits per heavy atom. The second-order valence-corrected chi connectivity index (χ2v) is 10.4. The van der Waals surface area contributed by atoms with Crippen LogP contribution < -0.4 is 34.9 Å². The molecule has 3 aromatic carbocycles.